The van der Waals surface area contributed by atoms with Crippen LogP contribution in [0.4, 0.5) is 0 Å². The Hall–Kier alpha value is -0.910. The average Bonchev–Trinajstić information content (AvgIpc) is 2.66. The molecule has 2 heterocycles. The third-order valence-corrected chi connectivity index (χ3v) is 2.82. The van der Waals surface area contributed by atoms with Crippen LogP contribution in [0.2, 0.25) is 0 Å². The number of aromatic nitrogens is 1. The fourth-order valence-electron chi connectivity index (χ4n) is 2.10. The van der Waals surface area contributed by atoms with Crippen molar-refractivity contribution in [3.63, 3.8) is 0 Å². The monoisotopic (exact) mass is 225 g/mol. The fourth-order valence-corrected chi connectivity index (χ4v) is 2.10. The van der Waals surface area contributed by atoms with Gasteiger partial charge in [-0.05, 0) is 19.4 Å². The largest absolute Gasteiger partial charge is 0.377 e. The molecule has 16 heavy (non-hydrogen) atoms. The molecule has 1 fully saturated rings. The van der Waals surface area contributed by atoms with Gasteiger partial charge in [0.25, 0.3) is 0 Å². The van der Waals surface area contributed by atoms with Crippen LogP contribution < -0.4 is 5.73 Å². The molecule has 0 aromatic carbocycles. The van der Waals surface area contributed by atoms with E-state index in [-0.39, 0.29) is 0 Å². The smallest absolute Gasteiger partial charge is 0.162 e. The normalized spacial score (nSPS) is 22.5. The van der Waals surface area contributed by atoms with E-state index >= 15 is 0 Å². The van der Waals surface area contributed by atoms with Gasteiger partial charge in [0, 0.05) is 32.3 Å². The van der Waals surface area contributed by atoms with Gasteiger partial charge < -0.3 is 15.0 Å². The molecule has 0 aliphatic carbocycles. The Labute approximate surface area is 95.5 Å². The molecule has 1 aliphatic heterocycles. The second-order valence-electron chi connectivity index (χ2n) is 4.35. The molecule has 2 rings (SSSR count). The van der Waals surface area contributed by atoms with Gasteiger partial charge in [-0.1, -0.05) is 5.16 Å². The third-order valence-electron chi connectivity index (χ3n) is 2.82. The maximum Gasteiger partial charge on any atom is 0.162 e. The molecule has 90 valence electrons. The molecule has 1 saturated heterocycles. The van der Waals surface area contributed by atoms with Crippen LogP contribution in [0, 0.1) is 0 Å². The van der Waals surface area contributed by atoms with Crippen LogP contribution >= 0.6 is 0 Å². The molecule has 5 heteroatoms. The Morgan fingerprint density at radius 1 is 1.69 bits per heavy atom. The minimum absolute atomic E-state index is 0.305. The zero-order chi connectivity index (χ0) is 11.4. The van der Waals surface area contributed by atoms with E-state index in [9.17, 15) is 0 Å². The van der Waals surface area contributed by atoms with Gasteiger partial charge in [0.1, 0.15) is 6.61 Å². The molecule has 0 saturated carbocycles. The standard InChI is InChI=1S/C11H19N3O2/c1-15-8-11-5-10(13-16-11)7-14-4-2-3-9(12)6-14/h5,9H,2-4,6-8,12H2,1H3. The van der Waals surface area contributed by atoms with Crippen molar-refractivity contribution in [2.45, 2.75) is 32.0 Å². The summed E-state index contributed by atoms with van der Waals surface area (Å²) in [4.78, 5) is 2.32. The van der Waals surface area contributed by atoms with Crippen molar-refractivity contribution in [2.75, 3.05) is 20.2 Å². The van der Waals surface area contributed by atoms with E-state index < -0.39 is 0 Å². The van der Waals surface area contributed by atoms with Gasteiger partial charge in [0.05, 0.1) is 5.69 Å². The third kappa shape index (κ3) is 3.04. The molecule has 2 N–H and O–H groups in total. The molecule has 0 radical (unpaired) electrons. The van der Waals surface area contributed by atoms with Gasteiger partial charge in [-0.2, -0.15) is 0 Å². The molecular formula is C11H19N3O2. The number of rotatable bonds is 4. The van der Waals surface area contributed by atoms with Gasteiger partial charge in [0.2, 0.25) is 0 Å². The number of nitrogens with two attached hydrogens (primary N) is 1. The van der Waals surface area contributed by atoms with E-state index in [2.05, 4.69) is 10.1 Å². The Kier molecular flexibility index (Phi) is 3.93. The molecule has 5 nitrogen and oxygen atoms in total. The van der Waals surface area contributed by atoms with Gasteiger partial charge in [-0.3, -0.25) is 4.90 Å². The highest BCUT2D eigenvalue weighted by molar-refractivity contribution is 5.04. The maximum absolute atomic E-state index is 5.93. The summed E-state index contributed by atoms with van der Waals surface area (Å²) in [5, 5.41) is 4.02. The topological polar surface area (TPSA) is 64.5 Å². The van der Waals surface area contributed by atoms with Crippen molar-refractivity contribution >= 4 is 0 Å². The summed E-state index contributed by atoms with van der Waals surface area (Å²) < 4.78 is 10.1. The summed E-state index contributed by atoms with van der Waals surface area (Å²) in [6, 6.07) is 2.25. The molecule has 1 aromatic heterocycles. The van der Waals surface area contributed by atoms with Crippen molar-refractivity contribution in [3.05, 3.63) is 17.5 Å². The maximum atomic E-state index is 5.93. The van der Waals surface area contributed by atoms with Crippen LogP contribution in [0.15, 0.2) is 10.6 Å². The van der Waals surface area contributed by atoms with Crippen LogP contribution in [0.1, 0.15) is 24.3 Å². The van der Waals surface area contributed by atoms with Crippen LogP contribution in [0.25, 0.3) is 0 Å². The van der Waals surface area contributed by atoms with Crippen LogP contribution in [-0.2, 0) is 17.9 Å². The molecule has 1 unspecified atom stereocenters. The summed E-state index contributed by atoms with van der Waals surface area (Å²) in [5.74, 6) is 0.777. The number of likely N-dealkylation sites (tertiary alicyclic amines) is 1. The predicted molar refractivity (Wildman–Crippen MR) is 59.7 cm³/mol. The van der Waals surface area contributed by atoms with Crippen LogP contribution in [0.5, 0.6) is 0 Å². The van der Waals surface area contributed by atoms with E-state index in [4.69, 9.17) is 15.0 Å². The van der Waals surface area contributed by atoms with E-state index in [0.29, 0.717) is 12.6 Å². The predicted octanol–water partition coefficient (Wildman–Crippen LogP) is 0.744. The molecule has 1 aromatic rings. The van der Waals surface area contributed by atoms with E-state index in [1.807, 2.05) is 6.07 Å². The van der Waals surface area contributed by atoms with Crippen molar-refractivity contribution in [1.82, 2.24) is 10.1 Å². The minimum Gasteiger partial charge on any atom is -0.377 e. The highest BCUT2D eigenvalue weighted by Crippen LogP contribution is 2.13. The first-order chi connectivity index (χ1) is 7.78. The van der Waals surface area contributed by atoms with Gasteiger partial charge in [-0.15, -0.1) is 0 Å². The highest BCUT2D eigenvalue weighted by Gasteiger charge is 2.17. The highest BCUT2D eigenvalue weighted by atomic mass is 16.5. The molecule has 1 aliphatic rings. The summed E-state index contributed by atoms with van der Waals surface area (Å²) in [7, 11) is 1.64. The van der Waals surface area contributed by atoms with Crippen LogP contribution in [-0.4, -0.2) is 36.3 Å². The number of hydrogen-bond acceptors (Lipinski definition) is 5. The average molecular weight is 225 g/mol. The number of piperidine rings is 1. The minimum atomic E-state index is 0.305. The first kappa shape index (κ1) is 11.6. The molecule has 0 amide bonds. The summed E-state index contributed by atoms with van der Waals surface area (Å²) in [6.07, 6.45) is 2.30. The summed E-state index contributed by atoms with van der Waals surface area (Å²) >= 11 is 0. The van der Waals surface area contributed by atoms with Crippen molar-refractivity contribution in [2.24, 2.45) is 5.73 Å². The van der Waals surface area contributed by atoms with Crippen LogP contribution in [0.3, 0.4) is 0 Å². The molecule has 0 spiro atoms. The Bertz CT molecular complexity index is 327. The van der Waals surface area contributed by atoms with Gasteiger partial charge in [-0.25, -0.2) is 0 Å². The van der Waals surface area contributed by atoms with E-state index in [1.165, 1.54) is 6.42 Å². The van der Waals surface area contributed by atoms with Crippen molar-refractivity contribution in [1.29, 1.82) is 0 Å². The molecule has 1 atom stereocenters. The number of nitrogens with zero attached hydrogens (tertiary/aromatic N) is 2. The lowest BCUT2D eigenvalue weighted by molar-refractivity contribution is 0.155. The second-order valence-corrected chi connectivity index (χ2v) is 4.35. The second kappa shape index (κ2) is 5.43. The number of methoxy groups -OCH3 is 1. The van der Waals surface area contributed by atoms with E-state index in [1.54, 1.807) is 7.11 Å². The fraction of sp³-hybridized carbons (Fsp3) is 0.727. The Morgan fingerprint density at radius 2 is 2.56 bits per heavy atom. The molecular weight excluding hydrogens is 206 g/mol. The van der Waals surface area contributed by atoms with Gasteiger partial charge >= 0.3 is 0 Å². The zero-order valence-electron chi connectivity index (χ0n) is 9.69. The number of ether oxygens (including phenoxy) is 1. The summed E-state index contributed by atoms with van der Waals surface area (Å²) in [5.41, 5.74) is 6.89. The lowest BCUT2D eigenvalue weighted by atomic mass is 10.1. The van der Waals surface area contributed by atoms with Crippen molar-refractivity contribution in [3.8, 4) is 0 Å². The quantitative estimate of drug-likeness (QED) is 0.819. The Morgan fingerprint density at radius 3 is 3.31 bits per heavy atom. The molecule has 0 bridgehead atoms. The lowest BCUT2D eigenvalue weighted by Gasteiger charge is -2.29. The SMILES string of the molecule is COCc1cc(CN2CCCC(N)C2)no1. The van der Waals surface area contributed by atoms with E-state index in [0.717, 1.165) is 37.5 Å². The summed E-state index contributed by atoms with van der Waals surface area (Å²) in [6.45, 7) is 3.35. The first-order valence-electron chi connectivity index (χ1n) is 5.69. The number of hydrogen-bond donors (Lipinski definition) is 1. The first-order valence-corrected chi connectivity index (χ1v) is 5.69. The Balaban J connectivity index is 1.87. The van der Waals surface area contributed by atoms with Gasteiger partial charge in [0.15, 0.2) is 5.76 Å². The lowest BCUT2D eigenvalue weighted by Crippen LogP contribution is -2.42. The van der Waals surface area contributed by atoms with Crippen molar-refractivity contribution < 1.29 is 9.26 Å². The zero-order valence-corrected chi connectivity index (χ0v) is 9.69.